The van der Waals surface area contributed by atoms with Gasteiger partial charge in [0.05, 0.1) is 13.7 Å². The Hall–Kier alpha value is -1.02. The number of benzene rings is 1. The molecule has 0 aliphatic rings. The number of hydrogen-bond donors (Lipinski definition) is 1. The van der Waals surface area contributed by atoms with Gasteiger partial charge in [-0.3, -0.25) is 0 Å². The van der Waals surface area contributed by atoms with E-state index in [1.165, 1.54) is 0 Å². The molecular formula is C11H16O2. The average Bonchev–Trinajstić information content (AvgIpc) is 2.12. The summed E-state index contributed by atoms with van der Waals surface area (Å²) in [6.45, 7) is 6.10. The van der Waals surface area contributed by atoms with Gasteiger partial charge in [-0.2, -0.15) is 0 Å². The lowest BCUT2D eigenvalue weighted by molar-refractivity contribution is 0.280. The third kappa shape index (κ3) is 1.68. The fraction of sp³-hybridized carbons (Fsp3) is 0.455. The van der Waals surface area contributed by atoms with Crippen LogP contribution in [0.2, 0.25) is 0 Å². The zero-order valence-corrected chi connectivity index (χ0v) is 8.64. The Morgan fingerprint density at radius 1 is 1.23 bits per heavy atom. The second-order valence-corrected chi connectivity index (χ2v) is 3.29. The molecule has 1 aromatic rings. The van der Waals surface area contributed by atoms with Crippen molar-refractivity contribution in [2.24, 2.45) is 0 Å². The van der Waals surface area contributed by atoms with Crippen LogP contribution < -0.4 is 4.74 Å². The van der Waals surface area contributed by atoms with Crippen LogP contribution in [-0.2, 0) is 6.61 Å². The van der Waals surface area contributed by atoms with Gasteiger partial charge in [0.1, 0.15) is 5.75 Å². The van der Waals surface area contributed by atoms with E-state index in [0.29, 0.717) is 0 Å². The maximum atomic E-state index is 9.10. The molecule has 0 unspecified atom stereocenters. The van der Waals surface area contributed by atoms with E-state index >= 15 is 0 Å². The topological polar surface area (TPSA) is 29.5 Å². The van der Waals surface area contributed by atoms with Crippen LogP contribution in [0.3, 0.4) is 0 Å². The minimum absolute atomic E-state index is 0.0727. The van der Waals surface area contributed by atoms with Gasteiger partial charge in [0.2, 0.25) is 0 Å². The normalized spacial score (nSPS) is 10.2. The van der Waals surface area contributed by atoms with Crippen molar-refractivity contribution < 1.29 is 9.84 Å². The maximum absolute atomic E-state index is 9.10. The van der Waals surface area contributed by atoms with Crippen molar-refractivity contribution >= 4 is 0 Å². The summed E-state index contributed by atoms with van der Waals surface area (Å²) < 4.78 is 5.29. The molecule has 0 saturated heterocycles. The third-order valence-corrected chi connectivity index (χ3v) is 2.52. The Balaban J connectivity index is 3.39. The molecule has 0 saturated carbocycles. The first-order chi connectivity index (χ1) is 6.11. The molecule has 2 heteroatoms. The molecule has 0 fully saturated rings. The fourth-order valence-electron chi connectivity index (χ4n) is 1.55. The van der Waals surface area contributed by atoms with Crippen molar-refractivity contribution in [3.8, 4) is 5.75 Å². The summed E-state index contributed by atoms with van der Waals surface area (Å²) in [4.78, 5) is 0. The van der Waals surface area contributed by atoms with Gasteiger partial charge in [-0.15, -0.1) is 0 Å². The first-order valence-corrected chi connectivity index (χ1v) is 4.36. The Kier molecular flexibility index (Phi) is 2.94. The largest absolute Gasteiger partial charge is 0.496 e. The quantitative estimate of drug-likeness (QED) is 0.755. The number of aliphatic hydroxyl groups is 1. The van der Waals surface area contributed by atoms with Gasteiger partial charge in [0, 0.05) is 0 Å². The van der Waals surface area contributed by atoms with Gasteiger partial charge < -0.3 is 9.84 Å². The summed E-state index contributed by atoms with van der Waals surface area (Å²) in [5, 5.41) is 9.10. The van der Waals surface area contributed by atoms with E-state index < -0.39 is 0 Å². The summed E-state index contributed by atoms with van der Waals surface area (Å²) in [5.41, 5.74) is 4.29. The Morgan fingerprint density at radius 3 is 2.31 bits per heavy atom. The summed E-state index contributed by atoms with van der Waals surface area (Å²) in [6, 6.07) is 2.01. The van der Waals surface area contributed by atoms with Gasteiger partial charge in [0.15, 0.2) is 0 Å². The van der Waals surface area contributed by atoms with E-state index in [1.807, 2.05) is 26.8 Å². The summed E-state index contributed by atoms with van der Waals surface area (Å²) in [7, 11) is 1.66. The lowest BCUT2D eigenvalue weighted by Crippen LogP contribution is -1.98. The van der Waals surface area contributed by atoms with Gasteiger partial charge in [-0.05, 0) is 43.0 Å². The van der Waals surface area contributed by atoms with Crippen LogP contribution in [0.15, 0.2) is 6.07 Å². The minimum atomic E-state index is 0.0727. The van der Waals surface area contributed by atoms with Crippen molar-refractivity contribution in [1.29, 1.82) is 0 Å². The predicted octanol–water partition coefficient (Wildman–Crippen LogP) is 2.11. The van der Waals surface area contributed by atoms with Crippen molar-refractivity contribution in [1.82, 2.24) is 0 Å². The maximum Gasteiger partial charge on any atom is 0.125 e. The Morgan fingerprint density at radius 2 is 1.85 bits per heavy atom. The molecule has 0 atom stereocenters. The molecule has 0 bridgehead atoms. The monoisotopic (exact) mass is 180 g/mol. The highest BCUT2D eigenvalue weighted by Gasteiger charge is 2.09. The molecule has 0 aliphatic heterocycles. The smallest absolute Gasteiger partial charge is 0.125 e. The first-order valence-electron chi connectivity index (χ1n) is 4.36. The third-order valence-electron chi connectivity index (χ3n) is 2.52. The molecule has 0 amide bonds. The summed E-state index contributed by atoms with van der Waals surface area (Å²) in [5.74, 6) is 0.893. The van der Waals surface area contributed by atoms with E-state index in [-0.39, 0.29) is 6.61 Å². The lowest BCUT2D eigenvalue weighted by Gasteiger charge is -2.14. The van der Waals surface area contributed by atoms with E-state index in [0.717, 1.165) is 28.0 Å². The van der Waals surface area contributed by atoms with Crippen LogP contribution in [0.25, 0.3) is 0 Å². The van der Waals surface area contributed by atoms with E-state index in [1.54, 1.807) is 7.11 Å². The number of methoxy groups -OCH3 is 1. The number of ether oxygens (including phenoxy) is 1. The molecule has 13 heavy (non-hydrogen) atoms. The molecule has 1 N–H and O–H groups in total. The van der Waals surface area contributed by atoms with E-state index in [2.05, 4.69) is 0 Å². The van der Waals surface area contributed by atoms with Crippen molar-refractivity contribution in [2.75, 3.05) is 7.11 Å². The molecular weight excluding hydrogens is 164 g/mol. The van der Waals surface area contributed by atoms with E-state index in [4.69, 9.17) is 9.84 Å². The molecule has 1 aromatic carbocycles. The van der Waals surface area contributed by atoms with Crippen LogP contribution >= 0.6 is 0 Å². The SMILES string of the molecule is COc1c(C)c(C)cc(CO)c1C. The van der Waals surface area contributed by atoms with Crippen molar-refractivity contribution in [2.45, 2.75) is 27.4 Å². The molecule has 72 valence electrons. The van der Waals surface area contributed by atoms with Crippen LogP contribution in [0.5, 0.6) is 5.75 Å². The molecule has 0 heterocycles. The number of aryl methyl sites for hydroxylation is 1. The van der Waals surface area contributed by atoms with Gasteiger partial charge in [-0.1, -0.05) is 6.07 Å². The molecule has 0 aliphatic carbocycles. The van der Waals surface area contributed by atoms with Crippen molar-refractivity contribution in [3.05, 3.63) is 28.3 Å². The summed E-state index contributed by atoms with van der Waals surface area (Å²) >= 11 is 0. The molecule has 1 rings (SSSR count). The van der Waals surface area contributed by atoms with Crippen LogP contribution in [0, 0.1) is 20.8 Å². The molecule has 0 aromatic heterocycles. The van der Waals surface area contributed by atoms with Gasteiger partial charge >= 0.3 is 0 Å². The Labute approximate surface area is 79.2 Å². The fourth-order valence-corrected chi connectivity index (χ4v) is 1.55. The highest BCUT2D eigenvalue weighted by atomic mass is 16.5. The Bertz CT molecular complexity index is 316. The molecule has 2 nitrogen and oxygen atoms in total. The number of hydrogen-bond acceptors (Lipinski definition) is 2. The standard InChI is InChI=1S/C11H16O2/c1-7-5-10(6-12)9(3)11(13-4)8(7)2/h5,12H,6H2,1-4H3. The van der Waals surface area contributed by atoms with Crippen molar-refractivity contribution in [3.63, 3.8) is 0 Å². The van der Waals surface area contributed by atoms with E-state index in [9.17, 15) is 0 Å². The highest BCUT2D eigenvalue weighted by molar-refractivity contribution is 5.49. The highest BCUT2D eigenvalue weighted by Crippen LogP contribution is 2.28. The number of rotatable bonds is 2. The predicted molar refractivity (Wildman–Crippen MR) is 53.1 cm³/mol. The molecule has 0 spiro atoms. The first kappa shape index (κ1) is 10.1. The second kappa shape index (κ2) is 3.79. The number of aliphatic hydroxyl groups excluding tert-OH is 1. The van der Waals surface area contributed by atoms with Crippen LogP contribution in [-0.4, -0.2) is 12.2 Å². The zero-order valence-electron chi connectivity index (χ0n) is 8.64. The average molecular weight is 180 g/mol. The van der Waals surface area contributed by atoms with Gasteiger partial charge in [-0.25, -0.2) is 0 Å². The second-order valence-electron chi connectivity index (χ2n) is 3.29. The molecule has 0 radical (unpaired) electrons. The minimum Gasteiger partial charge on any atom is -0.496 e. The van der Waals surface area contributed by atoms with Crippen LogP contribution in [0.4, 0.5) is 0 Å². The lowest BCUT2D eigenvalue weighted by atomic mass is 9.99. The zero-order chi connectivity index (χ0) is 10.0. The van der Waals surface area contributed by atoms with Crippen LogP contribution in [0.1, 0.15) is 22.3 Å². The summed E-state index contributed by atoms with van der Waals surface area (Å²) in [6.07, 6.45) is 0. The van der Waals surface area contributed by atoms with Gasteiger partial charge in [0.25, 0.3) is 0 Å².